The maximum atomic E-state index is 14.0. The van der Waals surface area contributed by atoms with Gasteiger partial charge in [0.2, 0.25) is 5.91 Å². The topological polar surface area (TPSA) is 96.4 Å². The Hall–Kier alpha value is -4.18. The number of rotatable bonds is 8. The summed E-state index contributed by atoms with van der Waals surface area (Å²) in [6, 6.07) is 13.0. The van der Waals surface area contributed by atoms with E-state index in [4.69, 9.17) is 0 Å². The zero-order chi connectivity index (χ0) is 28.6. The molecule has 2 unspecified atom stereocenters. The lowest BCUT2D eigenvalue weighted by molar-refractivity contribution is -0.134. The maximum Gasteiger partial charge on any atom is 0.335 e. The summed E-state index contributed by atoms with van der Waals surface area (Å²) in [5, 5.41) is 12.4. The molecule has 2 aromatic rings. The van der Waals surface area contributed by atoms with Crippen molar-refractivity contribution >= 4 is 23.6 Å². The number of piperidine rings is 1. The molecule has 6 rings (SSSR count). The molecule has 214 valence electrons. The number of anilines is 1. The van der Waals surface area contributed by atoms with Crippen LogP contribution in [0.15, 0.2) is 72.8 Å². The van der Waals surface area contributed by atoms with Gasteiger partial charge in [0.25, 0.3) is 0 Å². The highest BCUT2D eigenvalue weighted by atomic mass is 19.1. The number of nitrogens with one attached hydrogen (secondary N) is 1. The van der Waals surface area contributed by atoms with E-state index >= 15 is 0 Å². The minimum Gasteiger partial charge on any atom is -0.478 e. The molecule has 3 heterocycles. The summed E-state index contributed by atoms with van der Waals surface area (Å²) in [5.41, 5.74) is 0.980. The average molecular weight is 560 g/mol. The Morgan fingerprint density at radius 3 is 2.54 bits per heavy atom. The van der Waals surface area contributed by atoms with Crippen molar-refractivity contribution in [1.29, 1.82) is 0 Å². The lowest BCUT2D eigenvalue weighted by Crippen LogP contribution is -2.56. The summed E-state index contributed by atoms with van der Waals surface area (Å²) in [7, 11) is 0. The molecule has 3 amide bonds. The number of likely N-dealkylation sites (tertiary alicyclic amines) is 1. The highest BCUT2D eigenvalue weighted by molar-refractivity contribution is 5.93. The number of amides is 3. The summed E-state index contributed by atoms with van der Waals surface area (Å²) < 4.78 is 13.8. The van der Waals surface area contributed by atoms with Crippen LogP contribution in [0.2, 0.25) is 0 Å². The summed E-state index contributed by atoms with van der Waals surface area (Å²) in [5.74, 6) is -1.32. The number of nitrogens with zero attached hydrogens (tertiary/aromatic N) is 4. The fraction of sp³-hybridized carbons (Fsp3) is 0.387. The van der Waals surface area contributed by atoms with Gasteiger partial charge in [-0.25, -0.2) is 14.0 Å². The van der Waals surface area contributed by atoms with E-state index in [0.717, 1.165) is 37.3 Å². The Labute approximate surface area is 238 Å². The molecule has 41 heavy (non-hydrogen) atoms. The van der Waals surface area contributed by atoms with Crippen LogP contribution in [0.5, 0.6) is 0 Å². The van der Waals surface area contributed by atoms with Crippen molar-refractivity contribution in [2.24, 2.45) is 0 Å². The van der Waals surface area contributed by atoms with Gasteiger partial charge in [0.15, 0.2) is 0 Å². The second-order valence-corrected chi connectivity index (χ2v) is 11.2. The van der Waals surface area contributed by atoms with Crippen molar-refractivity contribution in [2.75, 3.05) is 37.7 Å². The predicted octanol–water partition coefficient (Wildman–Crippen LogP) is 3.44. The van der Waals surface area contributed by atoms with Crippen LogP contribution in [-0.2, 0) is 11.3 Å². The maximum absolute atomic E-state index is 14.0. The Kier molecular flexibility index (Phi) is 7.25. The molecule has 0 aromatic heterocycles. The highest BCUT2D eigenvalue weighted by Gasteiger charge is 2.53. The summed E-state index contributed by atoms with van der Waals surface area (Å²) >= 11 is 0. The number of halogens is 1. The van der Waals surface area contributed by atoms with Gasteiger partial charge < -0.3 is 30.0 Å². The van der Waals surface area contributed by atoms with Crippen LogP contribution in [0.1, 0.15) is 35.2 Å². The molecule has 9 nitrogen and oxygen atoms in total. The second kappa shape index (κ2) is 11.0. The van der Waals surface area contributed by atoms with E-state index < -0.39 is 11.5 Å². The number of carbonyl (C=O) groups excluding carboxylic acids is 2. The minimum absolute atomic E-state index is 0.0131. The van der Waals surface area contributed by atoms with Crippen LogP contribution >= 0.6 is 0 Å². The monoisotopic (exact) mass is 559 g/mol. The normalized spacial score (nSPS) is 23.4. The van der Waals surface area contributed by atoms with E-state index in [1.807, 2.05) is 29.2 Å². The van der Waals surface area contributed by atoms with Crippen molar-refractivity contribution in [3.8, 4) is 0 Å². The average Bonchev–Trinajstić information content (AvgIpc) is 3.43. The number of benzene rings is 2. The number of carbonyl (C=O) groups is 3. The standard InChI is InChI=1S/C31H34FN5O4/c32-24-9-11-25(12-10-24)37-21-35(20-22-5-3-6-23(19-22)28(38)39)29(40)31(37)13-17-34(18-14-31)15-4-16-36-27-8-2-1-7-26(27)33-30(36)41/h1-3,5-12,19,26-27H,4,13-18,20-21H2,(H,33,41)(H,38,39). The van der Waals surface area contributed by atoms with E-state index in [-0.39, 0.29) is 35.4 Å². The molecule has 3 saturated heterocycles. The van der Waals surface area contributed by atoms with E-state index in [1.165, 1.54) is 18.2 Å². The number of hydrogen-bond acceptors (Lipinski definition) is 5. The van der Waals surface area contributed by atoms with Crippen LogP contribution in [0.25, 0.3) is 0 Å². The van der Waals surface area contributed by atoms with Gasteiger partial charge in [-0.3, -0.25) is 4.79 Å². The third kappa shape index (κ3) is 5.19. The van der Waals surface area contributed by atoms with E-state index in [0.29, 0.717) is 32.6 Å². The SMILES string of the molecule is O=C(O)c1cccc(CN2CN(c3ccc(F)cc3)C3(CCN(CCCN4C(=O)NC5C=CC=CC54)CC3)C2=O)c1. The quantitative estimate of drug-likeness (QED) is 0.515. The molecule has 3 fully saturated rings. The van der Waals surface area contributed by atoms with Gasteiger partial charge >= 0.3 is 12.0 Å². The molecule has 0 saturated carbocycles. The number of allylic oxidation sites excluding steroid dienone is 2. The van der Waals surface area contributed by atoms with Gasteiger partial charge in [-0.2, -0.15) is 0 Å². The molecule has 2 N–H and O–H groups in total. The molecular weight excluding hydrogens is 525 g/mol. The van der Waals surface area contributed by atoms with Crippen molar-refractivity contribution in [3.63, 3.8) is 0 Å². The third-order valence-electron chi connectivity index (χ3n) is 8.77. The number of carboxylic acids is 1. The van der Waals surface area contributed by atoms with Gasteiger partial charge in [-0.05, 0) is 67.8 Å². The lowest BCUT2D eigenvalue weighted by Gasteiger charge is -2.43. The summed E-state index contributed by atoms with van der Waals surface area (Å²) in [6.07, 6.45) is 10.1. The number of hydrogen-bond donors (Lipinski definition) is 2. The smallest absolute Gasteiger partial charge is 0.335 e. The first-order valence-corrected chi connectivity index (χ1v) is 14.1. The van der Waals surface area contributed by atoms with E-state index in [2.05, 4.69) is 21.2 Å². The Bertz CT molecular complexity index is 1390. The molecule has 0 radical (unpaired) electrons. The molecule has 10 heteroatoms. The first-order valence-electron chi connectivity index (χ1n) is 14.1. The molecule has 3 aliphatic heterocycles. The number of carboxylic acid groups (broad SMARTS) is 1. The first-order chi connectivity index (χ1) is 19.8. The van der Waals surface area contributed by atoms with Gasteiger partial charge in [-0.15, -0.1) is 0 Å². The number of aromatic carboxylic acids is 1. The third-order valence-corrected chi connectivity index (χ3v) is 8.77. The largest absolute Gasteiger partial charge is 0.478 e. The fourth-order valence-electron chi connectivity index (χ4n) is 6.61. The zero-order valence-electron chi connectivity index (χ0n) is 22.8. The van der Waals surface area contributed by atoms with E-state index in [1.54, 1.807) is 29.2 Å². The van der Waals surface area contributed by atoms with Crippen molar-refractivity contribution in [1.82, 2.24) is 20.0 Å². The minimum atomic E-state index is -1.01. The highest BCUT2D eigenvalue weighted by Crippen LogP contribution is 2.40. The molecule has 4 aliphatic rings. The van der Waals surface area contributed by atoms with Crippen LogP contribution in [-0.4, -0.2) is 88.2 Å². The predicted molar refractivity (Wildman–Crippen MR) is 152 cm³/mol. The number of urea groups is 1. The van der Waals surface area contributed by atoms with Gasteiger partial charge in [0.05, 0.1) is 24.3 Å². The van der Waals surface area contributed by atoms with Crippen molar-refractivity contribution in [2.45, 2.75) is 43.4 Å². The zero-order valence-corrected chi connectivity index (χ0v) is 22.8. The van der Waals surface area contributed by atoms with Gasteiger partial charge in [0.1, 0.15) is 11.4 Å². The van der Waals surface area contributed by atoms with Crippen molar-refractivity contribution in [3.05, 3.63) is 89.8 Å². The molecular formula is C31H34FN5O4. The van der Waals surface area contributed by atoms with Gasteiger partial charge in [-0.1, -0.05) is 36.4 Å². The summed E-state index contributed by atoms with van der Waals surface area (Å²) in [4.78, 5) is 46.1. The number of fused-ring (bicyclic) bond motifs is 1. The first kappa shape index (κ1) is 27.0. The Morgan fingerprint density at radius 2 is 1.78 bits per heavy atom. The summed E-state index contributed by atoms with van der Waals surface area (Å²) in [6.45, 7) is 3.59. The van der Waals surface area contributed by atoms with Crippen LogP contribution in [0.3, 0.4) is 0 Å². The van der Waals surface area contributed by atoms with Crippen LogP contribution in [0.4, 0.5) is 14.9 Å². The van der Waals surface area contributed by atoms with Crippen LogP contribution in [0, 0.1) is 5.82 Å². The second-order valence-electron chi connectivity index (χ2n) is 11.2. The molecule has 1 aliphatic carbocycles. The molecule has 2 aromatic carbocycles. The van der Waals surface area contributed by atoms with Crippen LogP contribution < -0.4 is 10.2 Å². The Morgan fingerprint density at radius 1 is 1.02 bits per heavy atom. The fourth-order valence-corrected chi connectivity index (χ4v) is 6.61. The van der Waals surface area contributed by atoms with Crippen molar-refractivity contribution < 1.29 is 23.9 Å². The van der Waals surface area contributed by atoms with E-state index in [9.17, 15) is 23.9 Å². The lowest BCUT2D eigenvalue weighted by atomic mass is 9.85. The molecule has 2 atom stereocenters. The molecule has 1 spiro atoms. The van der Waals surface area contributed by atoms with Gasteiger partial charge in [0, 0.05) is 31.9 Å². The Balaban J connectivity index is 1.13. The molecule has 0 bridgehead atoms.